The summed E-state index contributed by atoms with van der Waals surface area (Å²) in [5.41, 5.74) is 0. The maximum absolute atomic E-state index is 10.1. The molecule has 0 aliphatic heterocycles. The summed E-state index contributed by atoms with van der Waals surface area (Å²) in [6.07, 6.45) is 2.25. The Morgan fingerprint density at radius 3 is 3.00 bits per heavy atom. The maximum Gasteiger partial charge on any atom is 0.490 e. The van der Waals surface area contributed by atoms with Gasteiger partial charge < -0.3 is 10.1 Å². The molecule has 0 fully saturated rings. The molecule has 11 heavy (non-hydrogen) atoms. The van der Waals surface area contributed by atoms with Crippen molar-refractivity contribution in [3.8, 4) is 0 Å². The topological polar surface area (TPSA) is 73.8 Å². The third kappa shape index (κ3) is 1.73. The van der Waals surface area contributed by atoms with Gasteiger partial charge in [0.05, 0.1) is 6.54 Å². The number of aryl methyl sites for hydroxylation is 1. The third-order valence-corrected chi connectivity index (χ3v) is 1.14. The SMILES string of the molecule is CCCn1cnc([N+](=O)[O-])n1. The molecule has 6 nitrogen and oxygen atoms in total. The smallest absolute Gasteiger partial charge is 0.390 e. The van der Waals surface area contributed by atoms with Crippen molar-refractivity contribution in [1.82, 2.24) is 14.8 Å². The molecule has 1 aromatic heterocycles. The molecule has 1 heterocycles. The predicted molar refractivity (Wildman–Crippen MR) is 37.0 cm³/mol. The fraction of sp³-hybridized carbons (Fsp3) is 0.600. The zero-order valence-corrected chi connectivity index (χ0v) is 6.10. The third-order valence-electron chi connectivity index (χ3n) is 1.14. The minimum atomic E-state index is -0.605. The summed E-state index contributed by atoms with van der Waals surface area (Å²) in [6, 6.07) is 0. The van der Waals surface area contributed by atoms with Crippen molar-refractivity contribution in [1.29, 1.82) is 0 Å². The van der Waals surface area contributed by atoms with Crippen LogP contribution in [0, 0.1) is 10.1 Å². The van der Waals surface area contributed by atoms with Gasteiger partial charge in [0.15, 0.2) is 0 Å². The number of aromatic nitrogens is 3. The maximum atomic E-state index is 10.1. The van der Waals surface area contributed by atoms with E-state index in [2.05, 4.69) is 10.1 Å². The van der Waals surface area contributed by atoms with Crippen LogP contribution in [0.15, 0.2) is 6.33 Å². The second-order valence-corrected chi connectivity index (χ2v) is 2.06. The quantitative estimate of drug-likeness (QED) is 0.474. The van der Waals surface area contributed by atoms with Gasteiger partial charge in [-0.1, -0.05) is 11.9 Å². The minimum absolute atomic E-state index is 0.335. The highest BCUT2D eigenvalue weighted by Gasteiger charge is 2.11. The Balaban J connectivity index is 2.73. The zero-order chi connectivity index (χ0) is 8.27. The number of hydrogen-bond acceptors (Lipinski definition) is 4. The lowest BCUT2D eigenvalue weighted by molar-refractivity contribution is -0.394. The van der Waals surface area contributed by atoms with E-state index in [1.807, 2.05) is 6.92 Å². The molecule has 0 amide bonds. The second kappa shape index (κ2) is 3.09. The van der Waals surface area contributed by atoms with Gasteiger partial charge in [0.2, 0.25) is 6.33 Å². The number of hydrogen-bond donors (Lipinski definition) is 0. The van der Waals surface area contributed by atoms with E-state index in [9.17, 15) is 10.1 Å². The van der Waals surface area contributed by atoms with Crippen LogP contribution < -0.4 is 0 Å². The Hall–Kier alpha value is -1.46. The summed E-state index contributed by atoms with van der Waals surface area (Å²) in [4.78, 5) is 13.0. The standard InChI is InChI=1S/C5H8N4O2/c1-2-3-8-4-6-5(7-8)9(10)11/h4H,2-3H2,1H3. The van der Waals surface area contributed by atoms with Crippen molar-refractivity contribution in [2.45, 2.75) is 19.9 Å². The first-order chi connectivity index (χ1) is 5.24. The van der Waals surface area contributed by atoms with E-state index < -0.39 is 4.92 Å². The Bertz CT molecular complexity index is 257. The van der Waals surface area contributed by atoms with Gasteiger partial charge in [-0.3, -0.25) is 0 Å². The van der Waals surface area contributed by atoms with Gasteiger partial charge >= 0.3 is 5.95 Å². The first-order valence-electron chi connectivity index (χ1n) is 3.28. The molecule has 0 aliphatic rings. The normalized spacial score (nSPS) is 9.91. The Labute approximate surface area is 63.0 Å². The molecule has 1 aromatic rings. The van der Waals surface area contributed by atoms with Crippen LogP contribution in [0.2, 0.25) is 0 Å². The molecule has 60 valence electrons. The van der Waals surface area contributed by atoms with E-state index in [0.29, 0.717) is 6.54 Å². The minimum Gasteiger partial charge on any atom is -0.390 e. The molecule has 0 N–H and O–H groups in total. The molecule has 1 rings (SSSR count). The summed E-state index contributed by atoms with van der Waals surface area (Å²) in [7, 11) is 0. The van der Waals surface area contributed by atoms with Gasteiger partial charge in [0.1, 0.15) is 0 Å². The van der Waals surface area contributed by atoms with E-state index in [4.69, 9.17) is 0 Å². The number of nitro groups is 1. The number of rotatable bonds is 3. The average Bonchev–Trinajstić information content (AvgIpc) is 2.37. The van der Waals surface area contributed by atoms with Crippen molar-refractivity contribution >= 4 is 5.95 Å². The van der Waals surface area contributed by atoms with Crippen molar-refractivity contribution < 1.29 is 4.92 Å². The largest absolute Gasteiger partial charge is 0.490 e. The molecule has 6 heteroatoms. The van der Waals surface area contributed by atoms with Crippen LogP contribution in [-0.2, 0) is 6.54 Å². The van der Waals surface area contributed by atoms with Crippen LogP contribution in [0.25, 0.3) is 0 Å². The molecule has 0 saturated carbocycles. The molecule has 0 unspecified atom stereocenters. The highest BCUT2D eigenvalue weighted by Crippen LogP contribution is 1.99. The lowest BCUT2D eigenvalue weighted by Crippen LogP contribution is -1.98. The lowest BCUT2D eigenvalue weighted by Gasteiger charge is -1.87. The zero-order valence-electron chi connectivity index (χ0n) is 6.10. The average molecular weight is 156 g/mol. The molecule has 0 saturated heterocycles. The van der Waals surface area contributed by atoms with Crippen molar-refractivity contribution in [3.05, 3.63) is 16.4 Å². The van der Waals surface area contributed by atoms with Gasteiger partial charge in [0.25, 0.3) is 0 Å². The fourth-order valence-corrected chi connectivity index (χ4v) is 0.705. The van der Waals surface area contributed by atoms with E-state index in [1.165, 1.54) is 11.0 Å². The lowest BCUT2D eigenvalue weighted by atomic mass is 10.5. The molecular formula is C5H8N4O2. The Morgan fingerprint density at radius 2 is 2.55 bits per heavy atom. The van der Waals surface area contributed by atoms with E-state index in [-0.39, 0.29) is 5.95 Å². The summed E-state index contributed by atoms with van der Waals surface area (Å²) in [5, 5.41) is 13.7. The molecular weight excluding hydrogens is 148 g/mol. The summed E-state index contributed by atoms with van der Waals surface area (Å²) >= 11 is 0. The monoisotopic (exact) mass is 156 g/mol. The Kier molecular flexibility index (Phi) is 2.15. The van der Waals surface area contributed by atoms with Gasteiger partial charge in [-0.05, 0) is 11.3 Å². The molecule has 0 aliphatic carbocycles. The summed E-state index contributed by atoms with van der Waals surface area (Å²) < 4.78 is 1.46. The van der Waals surface area contributed by atoms with Crippen LogP contribution in [0.1, 0.15) is 13.3 Å². The van der Waals surface area contributed by atoms with E-state index in [1.54, 1.807) is 0 Å². The van der Waals surface area contributed by atoms with Crippen LogP contribution >= 0.6 is 0 Å². The molecule has 0 atom stereocenters. The van der Waals surface area contributed by atoms with Crippen molar-refractivity contribution in [3.63, 3.8) is 0 Å². The Morgan fingerprint density at radius 1 is 1.82 bits per heavy atom. The molecule has 0 spiro atoms. The second-order valence-electron chi connectivity index (χ2n) is 2.06. The van der Waals surface area contributed by atoms with E-state index in [0.717, 1.165) is 6.42 Å². The number of nitrogens with zero attached hydrogens (tertiary/aromatic N) is 4. The molecule has 0 bridgehead atoms. The first-order valence-corrected chi connectivity index (χ1v) is 3.28. The van der Waals surface area contributed by atoms with Gasteiger partial charge in [-0.25, -0.2) is 0 Å². The summed E-state index contributed by atoms with van der Waals surface area (Å²) in [6.45, 7) is 2.63. The first kappa shape index (κ1) is 7.64. The highest BCUT2D eigenvalue weighted by molar-refractivity contribution is 4.96. The molecule has 0 radical (unpaired) electrons. The van der Waals surface area contributed by atoms with Gasteiger partial charge in [0, 0.05) is 5.10 Å². The van der Waals surface area contributed by atoms with Crippen LogP contribution in [0.3, 0.4) is 0 Å². The highest BCUT2D eigenvalue weighted by atomic mass is 16.6. The van der Waals surface area contributed by atoms with Gasteiger partial charge in [-0.2, -0.15) is 4.68 Å². The van der Waals surface area contributed by atoms with Gasteiger partial charge in [-0.15, -0.1) is 0 Å². The van der Waals surface area contributed by atoms with E-state index >= 15 is 0 Å². The fourth-order valence-electron chi connectivity index (χ4n) is 0.705. The van der Waals surface area contributed by atoms with Crippen LogP contribution in [0.5, 0.6) is 0 Å². The molecule has 0 aromatic carbocycles. The predicted octanol–water partition coefficient (Wildman–Crippen LogP) is 0.596. The van der Waals surface area contributed by atoms with Crippen LogP contribution in [-0.4, -0.2) is 19.7 Å². The van der Waals surface area contributed by atoms with Crippen LogP contribution in [0.4, 0.5) is 5.95 Å². The van der Waals surface area contributed by atoms with Crippen molar-refractivity contribution in [2.75, 3.05) is 0 Å². The van der Waals surface area contributed by atoms with Crippen molar-refractivity contribution in [2.24, 2.45) is 0 Å². The summed E-state index contributed by atoms with van der Waals surface area (Å²) in [5.74, 6) is -0.335.